The van der Waals surface area contributed by atoms with Crippen molar-refractivity contribution in [1.29, 1.82) is 0 Å². The zero-order valence-corrected chi connectivity index (χ0v) is 10.2. The van der Waals surface area contributed by atoms with E-state index >= 15 is 0 Å². The number of hydrogen-bond acceptors (Lipinski definition) is 1. The van der Waals surface area contributed by atoms with E-state index in [1.807, 2.05) is 0 Å². The zero-order chi connectivity index (χ0) is 11.1. The molecule has 0 saturated carbocycles. The second-order valence-electron chi connectivity index (χ2n) is 4.51. The summed E-state index contributed by atoms with van der Waals surface area (Å²) in [4.78, 5) is 0. The van der Waals surface area contributed by atoms with Gasteiger partial charge in [-0.2, -0.15) is 0 Å². The minimum atomic E-state index is 0.814. The first-order valence-electron chi connectivity index (χ1n) is 6.05. The first-order valence-corrected chi connectivity index (χ1v) is 6.05. The van der Waals surface area contributed by atoms with E-state index in [1.54, 1.807) is 0 Å². The fourth-order valence-corrected chi connectivity index (χ4v) is 1.60. The molecule has 0 saturated heterocycles. The summed E-state index contributed by atoms with van der Waals surface area (Å²) in [5, 5.41) is 3.45. The summed E-state index contributed by atoms with van der Waals surface area (Å²) in [6, 6.07) is 8.75. The molecule has 0 radical (unpaired) electrons. The van der Waals surface area contributed by atoms with Crippen LogP contribution in [-0.2, 0) is 6.42 Å². The van der Waals surface area contributed by atoms with E-state index in [9.17, 15) is 0 Å². The van der Waals surface area contributed by atoms with Crippen molar-refractivity contribution >= 4 is 5.69 Å². The molecule has 1 N–H and O–H groups in total. The Bertz CT molecular complexity index is 261. The van der Waals surface area contributed by atoms with Crippen LogP contribution in [0.5, 0.6) is 0 Å². The standard InChI is InChI=1S/C14H23N/c1-4-13-7-9-14(10-8-13)15-11-5-6-12(2)3/h7-10,12,15H,4-6,11H2,1-3H3. The average molecular weight is 205 g/mol. The predicted molar refractivity (Wildman–Crippen MR) is 68.4 cm³/mol. The SMILES string of the molecule is CCc1ccc(NCCCC(C)C)cc1. The summed E-state index contributed by atoms with van der Waals surface area (Å²) in [6.07, 6.45) is 3.68. The maximum atomic E-state index is 3.45. The van der Waals surface area contributed by atoms with Crippen LogP contribution in [-0.4, -0.2) is 6.54 Å². The Labute approximate surface area is 93.9 Å². The molecule has 0 aliphatic heterocycles. The van der Waals surface area contributed by atoms with E-state index in [1.165, 1.54) is 24.1 Å². The third-order valence-electron chi connectivity index (χ3n) is 2.65. The van der Waals surface area contributed by atoms with Crippen LogP contribution in [0.25, 0.3) is 0 Å². The molecule has 1 aromatic rings. The van der Waals surface area contributed by atoms with Crippen LogP contribution in [0.4, 0.5) is 5.69 Å². The van der Waals surface area contributed by atoms with Crippen molar-refractivity contribution in [3.05, 3.63) is 29.8 Å². The van der Waals surface area contributed by atoms with Crippen LogP contribution >= 0.6 is 0 Å². The van der Waals surface area contributed by atoms with Crippen LogP contribution in [0, 0.1) is 5.92 Å². The van der Waals surface area contributed by atoms with Gasteiger partial charge in [0.2, 0.25) is 0 Å². The molecule has 1 aromatic carbocycles. The number of hydrogen-bond donors (Lipinski definition) is 1. The van der Waals surface area contributed by atoms with Crippen molar-refractivity contribution < 1.29 is 0 Å². The minimum absolute atomic E-state index is 0.814. The Morgan fingerprint density at radius 3 is 2.33 bits per heavy atom. The van der Waals surface area contributed by atoms with Crippen molar-refractivity contribution in [1.82, 2.24) is 0 Å². The third kappa shape index (κ3) is 4.87. The van der Waals surface area contributed by atoms with E-state index in [4.69, 9.17) is 0 Å². The fourth-order valence-electron chi connectivity index (χ4n) is 1.60. The van der Waals surface area contributed by atoms with Gasteiger partial charge in [0.25, 0.3) is 0 Å². The number of benzene rings is 1. The first kappa shape index (κ1) is 12.1. The monoisotopic (exact) mass is 205 g/mol. The van der Waals surface area contributed by atoms with Gasteiger partial charge in [0.1, 0.15) is 0 Å². The van der Waals surface area contributed by atoms with E-state index in [2.05, 4.69) is 50.4 Å². The summed E-state index contributed by atoms with van der Waals surface area (Å²) in [6.45, 7) is 7.82. The lowest BCUT2D eigenvalue weighted by Crippen LogP contribution is -2.02. The van der Waals surface area contributed by atoms with Gasteiger partial charge in [-0.1, -0.05) is 32.9 Å². The molecule has 1 rings (SSSR count). The second-order valence-corrected chi connectivity index (χ2v) is 4.51. The predicted octanol–water partition coefficient (Wildman–Crippen LogP) is 4.10. The average Bonchev–Trinajstić information content (AvgIpc) is 2.25. The van der Waals surface area contributed by atoms with Crippen molar-refractivity contribution in [2.75, 3.05) is 11.9 Å². The summed E-state index contributed by atoms with van der Waals surface area (Å²) in [5.41, 5.74) is 2.65. The van der Waals surface area contributed by atoms with Gasteiger partial charge in [-0.15, -0.1) is 0 Å². The van der Waals surface area contributed by atoms with Crippen LogP contribution in [0.3, 0.4) is 0 Å². The first-order chi connectivity index (χ1) is 7.22. The van der Waals surface area contributed by atoms with Crippen LogP contribution in [0.15, 0.2) is 24.3 Å². The number of aryl methyl sites for hydroxylation is 1. The Morgan fingerprint density at radius 2 is 1.80 bits per heavy atom. The highest BCUT2D eigenvalue weighted by Gasteiger charge is 1.95. The van der Waals surface area contributed by atoms with Crippen molar-refractivity contribution in [3.63, 3.8) is 0 Å². The van der Waals surface area contributed by atoms with Crippen molar-refractivity contribution in [2.45, 2.75) is 40.0 Å². The van der Waals surface area contributed by atoms with E-state index < -0.39 is 0 Å². The molecule has 0 bridgehead atoms. The molecule has 15 heavy (non-hydrogen) atoms. The molecule has 0 aliphatic rings. The molecule has 0 heterocycles. The Kier molecular flexibility index (Phi) is 5.23. The summed E-state index contributed by atoms with van der Waals surface area (Å²) >= 11 is 0. The normalized spacial score (nSPS) is 10.7. The summed E-state index contributed by atoms with van der Waals surface area (Å²) in [5.74, 6) is 0.814. The highest BCUT2D eigenvalue weighted by Crippen LogP contribution is 2.10. The number of nitrogens with one attached hydrogen (secondary N) is 1. The molecule has 0 aromatic heterocycles. The lowest BCUT2D eigenvalue weighted by Gasteiger charge is -2.08. The molecule has 1 heteroatoms. The molecule has 0 fully saturated rings. The Hall–Kier alpha value is -0.980. The highest BCUT2D eigenvalue weighted by molar-refractivity contribution is 5.44. The van der Waals surface area contributed by atoms with Crippen molar-refractivity contribution in [2.24, 2.45) is 5.92 Å². The van der Waals surface area contributed by atoms with Gasteiger partial charge in [0, 0.05) is 12.2 Å². The largest absolute Gasteiger partial charge is 0.385 e. The fraction of sp³-hybridized carbons (Fsp3) is 0.571. The third-order valence-corrected chi connectivity index (χ3v) is 2.65. The van der Waals surface area contributed by atoms with Crippen LogP contribution < -0.4 is 5.32 Å². The van der Waals surface area contributed by atoms with Gasteiger partial charge in [0.15, 0.2) is 0 Å². The molecule has 0 spiro atoms. The zero-order valence-electron chi connectivity index (χ0n) is 10.2. The molecule has 0 atom stereocenters. The second kappa shape index (κ2) is 6.49. The minimum Gasteiger partial charge on any atom is -0.385 e. The van der Waals surface area contributed by atoms with Gasteiger partial charge in [-0.05, 0) is 42.9 Å². The smallest absolute Gasteiger partial charge is 0.0340 e. The maximum absolute atomic E-state index is 3.45. The highest BCUT2D eigenvalue weighted by atomic mass is 14.9. The Balaban J connectivity index is 2.25. The Morgan fingerprint density at radius 1 is 1.13 bits per heavy atom. The quantitative estimate of drug-likeness (QED) is 0.689. The number of rotatable bonds is 6. The van der Waals surface area contributed by atoms with Gasteiger partial charge in [-0.25, -0.2) is 0 Å². The summed E-state index contributed by atoms with van der Waals surface area (Å²) < 4.78 is 0. The van der Waals surface area contributed by atoms with E-state index in [-0.39, 0.29) is 0 Å². The van der Waals surface area contributed by atoms with Gasteiger partial charge in [-0.3, -0.25) is 0 Å². The maximum Gasteiger partial charge on any atom is 0.0340 e. The van der Waals surface area contributed by atoms with Gasteiger partial charge < -0.3 is 5.32 Å². The molecular weight excluding hydrogens is 182 g/mol. The molecular formula is C14H23N. The number of anilines is 1. The van der Waals surface area contributed by atoms with E-state index in [0.29, 0.717) is 0 Å². The summed E-state index contributed by atoms with van der Waals surface area (Å²) in [7, 11) is 0. The van der Waals surface area contributed by atoms with Crippen LogP contribution in [0.1, 0.15) is 39.2 Å². The molecule has 0 unspecified atom stereocenters. The lowest BCUT2D eigenvalue weighted by molar-refractivity contribution is 0.567. The van der Waals surface area contributed by atoms with Gasteiger partial charge >= 0.3 is 0 Å². The molecule has 0 aliphatic carbocycles. The van der Waals surface area contributed by atoms with Crippen molar-refractivity contribution in [3.8, 4) is 0 Å². The lowest BCUT2D eigenvalue weighted by atomic mass is 10.1. The van der Waals surface area contributed by atoms with E-state index in [0.717, 1.165) is 18.9 Å². The van der Waals surface area contributed by atoms with Gasteiger partial charge in [0.05, 0.1) is 0 Å². The molecule has 84 valence electrons. The van der Waals surface area contributed by atoms with Crippen LogP contribution in [0.2, 0.25) is 0 Å². The molecule has 0 amide bonds. The topological polar surface area (TPSA) is 12.0 Å². The molecule has 1 nitrogen and oxygen atoms in total.